The van der Waals surface area contributed by atoms with Gasteiger partial charge in [-0.25, -0.2) is 5.84 Å². The fourth-order valence-electron chi connectivity index (χ4n) is 1.98. The molecule has 2 unspecified atom stereocenters. The van der Waals surface area contributed by atoms with Gasteiger partial charge in [0, 0.05) is 13.1 Å². The first-order valence-corrected chi connectivity index (χ1v) is 5.71. The van der Waals surface area contributed by atoms with Gasteiger partial charge in [-0.2, -0.15) is 0 Å². The number of carbonyl (C=O) groups excluding carboxylic acids is 1. The van der Waals surface area contributed by atoms with E-state index in [2.05, 4.69) is 29.5 Å². The van der Waals surface area contributed by atoms with Crippen LogP contribution >= 0.6 is 0 Å². The number of hydrogen-bond acceptors (Lipinski definition) is 5. The van der Waals surface area contributed by atoms with Crippen molar-refractivity contribution < 1.29 is 4.79 Å². The first kappa shape index (κ1) is 11.8. The van der Waals surface area contributed by atoms with E-state index in [0.29, 0.717) is 23.3 Å². The highest BCUT2D eigenvalue weighted by molar-refractivity contribution is 5.92. The summed E-state index contributed by atoms with van der Waals surface area (Å²) in [6.07, 6.45) is 0. The van der Waals surface area contributed by atoms with Crippen LogP contribution < -0.4 is 11.3 Å². The van der Waals surface area contributed by atoms with Crippen molar-refractivity contribution in [2.75, 3.05) is 18.5 Å². The van der Waals surface area contributed by atoms with E-state index in [-0.39, 0.29) is 5.91 Å². The van der Waals surface area contributed by atoms with E-state index in [1.54, 1.807) is 12.1 Å². The summed E-state index contributed by atoms with van der Waals surface area (Å²) >= 11 is 0. The third kappa shape index (κ3) is 2.36. The Morgan fingerprint density at radius 3 is 2.47 bits per heavy atom. The molecule has 92 valence electrons. The summed E-state index contributed by atoms with van der Waals surface area (Å²) in [6.45, 7) is 5.90. The lowest BCUT2D eigenvalue weighted by Gasteiger charge is -2.14. The monoisotopic (exact) mass is 235 g/mol. The van der Waals surface area contributed by atoms with Gasteiger partial charge in [-0.1, -0.05) is 13.8 Å². The highest BCUT2D eigenvalue weighted by atomic mass is 16.2. The Labute approximate surface area is 100 Å². The van der Waals surface area contributed by atoms with Crippen molar-refractivity contribution in [2.45, 2.75) is 13.8 Å². The van der Waals surface area contributed by atoms with Crippen LogP contribution in [-0.4, -0.2) is 34.1 Å². The lowest BCUT2D eigenvalue weighted by molar-refractivity contribution is 0.0778. The van der Waals surface area contributed by atoms with E-state index >= 15 is 0 Å². The van der Waals surface area contributed by atoms with Gasteiger partial charge in [-0.05, 0) is 24.0 Å². The zero-order valence-corrected chi connectivity index (χ0v) is 10.1. The van der Waals surface area contributed by atoms with Crippen LogP contribution in [0.1, 0.15) is 24.3 Å². The van der Waals surface area contributed by atoms with Crippen LogP contribution in [0.4, 0.5) is 5.82 Å². The first-order valence-electron chi connectivity index (χ1n) is 5.71. The molecule has 0 aliphatic carbocycles. The third-order valence-electron chi connectivity index (χ3n) is 3.31. The molecule has 2 rings (SSSR count). The van der Waals surface area contributed by atoms with Crippen LogP contribution in [0.5, 0.6) is 0 Å². The minimum Gasteiger partial charge on any atom is -0.337 e. The minimum absolute atomic E-state index is 0.0581. The Morgan fingerprint density at radius 2 is 2.00 bits per heavy atom. The zero-order valence-electron chi connectivity index (χ0n) is 10.1. The predicted molar refractivity (Wildman–Crippen MR) is 64.1 cm³/mol. The number of nitrogens with zero attached hydrogens (tertiary/aromatic N) is 3. The topological polar surface area (TPSA) is 84.1 Å². The molecule has 1 aromatic rings. The van der Waals surface area contributed by atoms with Crippen molar-refractivity contribution in [3.63, 3.8) is 0 Å². The van der Waals surface area contributed by atoms with Gasteiger partial charge in [0.25, 0.3) is 5.91 Å². The first-order chi connectivity index (χ1) is 8.11. The van der Waals surface area contributed by atoms with Crippen molar-refractivity contribution in [1.82, 2.24) is 15.1 Å². The Kier molecular flexibility index (Phi) is 3.23. The van der Waals surface area contributed by atoms with Crippen LogP contribution in [0.3, 0.4) is 0 Å². The van der Waals surface area contributed by atoms with Crippen LogP contribution in [-0.2, 0) is 0 Å². The number of nitrogen functional groups attached to an aromatic ring is 1. The van der Waals surface area contributed by atoms with Crippen LogP contribution in [0.2, 0.25) is 0 Å². The van der Waals surface area contributed by atoms with Crippen molar-refractivity contribution in [1.29, 1.82) is 0 Å². The second-order valence-electron chi connectivity index (χ2n) is 4.61. The standard InChI is InChI=1S/C11H17N5O/c1-7-5-16(6-8(7)2)11(17)9-3-4-10(13-12)15-14-9/h3-4,7-8H,5-6,12H2,1-2H3,(H,13,15). The Morgan fingerprint density at radius 1 is 1.35 bits per heavy atom. The third-order valence-corrected chi connectivity index (χ3v) is 3.31. The maximum Gasteiger partial charge on any atom is 0.274 e. The molecule has 2 heterocycles. The molecule has 0 radical (unpaired) electrons. The number of aromatic nitrogens is 2. The maximum absolute atomic E-state index is 12.1. The summed E-state index contributed by atoms with van der Waals surface area (Å²) in [5.74, 6) is 6.65. The average Bonchev–Trinajstić information content (AvgIpc) is 2.69. The zero-order chi connectivity index (χ0) is 12.4. The quantitative estimate of drug-likeness (QED) is 0.575. The van der Waals surface area contributed by atoms with Gasteiger partial charge in [0.05, 0.1) is 0 Å². The SMILES string of the molecule is CC1CN(C(=O)c2ccc(NN)nn2)CC1C. The Bertz CT molecular complexity index is 395. The average molecular weight is 235 g/mol. The van der Waals surface area contributed by atoms with Gasteiger partial charge in [-0.15, -0.1) is 10.2 Å². The summed E-state index contributed by atoms with van der Waals surface area (Å²) < 4.78 is 0. The fourth-order valence-corrected chi connectivity index (χ4v) is 1.98. The number of nitrogens with one attached hydrogen (secondary N) is 1. The van der Waals surface area contributed by atoms with E-state index in [0.717, 1.165) is 13.1 Å². The molecule has 0 spiro atoms. The van der Waals surface area contributed by atoms with Crippen LogP contribution in [0, 0.1) is 11.8 Å². The van der Waals surface area contributed by atoms with Gasteiger partial charge in [0.1, 0.15) is 0 Å². The van der Waals surface area contributed by atoms with E-state index in [1.807, 2.05) is 4.90 Å². The summed E-state index contributed by atoms with van der Waals surface area (Å²) in [4.78, 5) is 13.9. The lowest BCUT2D eigenvalue weighted by atomic mass is 10.0. The molecular formula is C11H17N5O. The van der Waals surface area contributed by atoms with E-state index in [9.17, 15) is 4.79 Å². The maximum atomic E-state index is 12.1. The largest absolute Gasteiger partial charge is 0.337 e. The highest BCUT2D eigenvalue weighted by Gasteiger charge is 2.30. The van der Waals surface area contributed by atoms with Crippen molar-refractivity contribution in [2.24, 2.45) is 17.7 Å². The highest BCUT2D eigenvalue weighted by Crippen LogP contribution is 2.23. The molecule has 6 nitrogen and oxygen atoms in total. The van der Waals surface area contributed by atoms with Gasteiger partial charge in [-0.3, -0.25) is 4.79 Å². The summed E-state index contributed by atoms with van der Waals surface area (Å²) in [5, 5.41) is 7.65. The summed E-state index contributed by atoms with van der Waals surface area (Å²) in [7, 11) is 0. The van der Waals surface area contributed by atoms with Crippen molar-refractivity contribution in [3.05, 3.63) is 17.8 Å². The molecule has 0 aromatic carbocycles. The number of rotatable bonds is 2. The number of nitrogens with two attached hydrogens (primary N) is 1. The smallest absolute Gasteiger partial charge is 0.274 e. The Balaban J connectivity index is 2.09. The lowest BCUT2D eigenvalue weighted by Crippen LogP contribution is -2.29. The molecule has 1 aromatic heterocycles. The predicted octanol–water partition coefficient (Wildman–Crippen LogP) is 0.490. The van der Waals surface area contributed by atoms with Gasteiger partial charge < -0.3 is 10.3 Å². The van der Waals surface area contributed by atoms with E-state index in [4.69, 9.17) is 5.84 Å². The van der Waals surface area contributed by atoms with Crippen LogP contribution in [0.25, 0.3) is 0 Å². The molecule has 0 bridgehead atoms. The molecular weight excluding hydrogens is 218 g/mol. The Hall–Kier alpha value is -1.69. The summed E-state index contributed by atoms with van der Waals surface area (Å²) in [6, 6.07) is 3.28. The molecule has 1 saturated heterocycles. The fraction of sp³-hybridized carbons (Fsp3) is 0.545. The molecule has 1 fully saturated rings. The number of likely N-dealkylation sites (tertiary alicyclic amines) is 1. The van der Waals surface area contributed by atoms with Gasteiger partial charge in [0.15, 0.2) is 11.5 Å². The molecule has 17 heavy (non-hydrogen) atoms. The van der Waals surface area contributed by atoms with Crippen molar-refractivity contribution >= 4 is 11.7 Å². The number of anilines is 1. The summed E-state index contributed by atoms with van der Waals surface area (Å²) in [5.41, 5.74) is 2.74. The van der Waals surface area contributed by atoms with E-state index < -0.39 is 0 Å². The normalized spacial score (nSPS) is 23.8. The van der Waals surface area contributed by atoms with E-state index in [1.165, 1.54) is 0 Å². The minimum atomic E-state index is -0.0581. The molecule has 6 heteroatoms. The number of hydrogen-bond donors (Lipinski definition) is 2. The van der Waals surface area contributed by atoms with Crippen molar-refractivity contribution in [3.8, 4) is 0 Å². The second-order valence-corrected chi connectivity index (χ2v) is 4.61. The number of carbonyl (C=O) groups is 1. The molecule has 1 aliphatic heterocycles. The van der Waals surface area contributed by atoms with Gasteiger partial charge >= 0.3 is 0 Å². The van der Waals surface area contributed by atoms with Gasteiger partial charge in [0.2, 0.25) is 0 Å². The molecule has 2 atom stereocenters. The molecule has 3 N–H and O–H groups in total. The number of hydrazine groups is 1. The second kappa shape index (κ2) is 4.67. The number of amides is 1. The molecule has 1 amide bonds. The molecule has 0 saturated carbocycles. The van der Waals surface area contributed by atoms with Crippen LogP contribution in [0.15, 0.2) is 12.1 Å². The molecule has 1 aliphatic rings.